The standard InChI is InChI=1S/C13H15N3O3/c1-4-5-16(7-11(17)18)10-6-8(2)15-9(3)12(10)13(14)19/h1,6H,5,7H2,2-3H3,(H2,14,19)(H,17,18). The van der Waals surface area contributed by atoms with Crippen LogP contribution in [-0.4, -0.2) is 35.1 Å². The number of carbonyl (C=O) groups is 2. The highest BCUT2D eigenvalue weighted by atomic mass is 16.4. The smallest absolute Gasteiger partial charge is 0.323 e. The quantitative estimate of drug-likeness (QED) is 0.744. The van der Waals surface area contributed by atoms with Crippen LogP contribution in [0.2, 0.25) is 0 Å². The fourth-order valence-electron chi connectivity index (χ4n) is 1.86. The van der Waals surface area contributed by atoms with Gasteiger partial charge in [-0.1, -0.05) is 5.92 Å². The Bertz CT molecular complexity index is 561. The number of anilines is 1. The summed E-state index contributed by atoms with van der Waals surface area (Å²) in [6, 6.07) is 1.60. The Morgan fingerprint density at radius 2 is 2.16 bits per heavy atom. The molecule has 0 aliphatic carbocycles. The van der Waals surface area contributed by atoms with E-state index in [2.05, 4.69) is 10.9 Å². The van der Waals surface area contributed by atoms with E-state index in [1.54, 1.807) is 19.9 Å². The molecule has 1 aromatic rings. The zero-order chi connectivity index (χ0) is 14.6. The van der Waals surface area contributed by atoms with Crippen molar-refractivity contribution in [2.45, 2.75) is 13.8 Å². The number of pyridine rings is 1. The van der Waals surface area contributed by atoms with E-state index in [-0.39, 0.29) is 18.7 Å². The van der Waals surface area contributed by atoms with Crippen LogP contribution in [0, 0.1) is 26.2 Å². The van der Waals surface area contributed by atoms with Gasteiger partial charge in [-0.25, -0.2) is 0 Å². The lowest BCUT2D eigenvalue weighted by Gasteiger charge is -2.23. The molecule has 0 bridgehead atoms. The molecule has 0 aliphatic heterocycles. The number of nitrogens with zero attached hydrogens (tertiary/aromatic N) is 2. The molecule has 0 aromatic carbocycles. The molecule has 19 heavy (non-hydrogen) atoms. The monoisotopic (exact) mass is 261 g/mol. The third kappa shape index (κ3) is 3.45. The summed E-state index contributed by atoms with van der Waals surface area (Å²) in [6.07, 6.45) is 5.23. The van der Waals surface area contributed by atoms with Gasteiger partial charge in [-0.05, 0) is 19.9 Å². The summed E-state index contributed by atoms with van der Waals surface area (Å²) in [5, 5.41) is 8.90. The van der Waals surface area contributed by atoms with Crippen molar-refractivity contribution in [3.05, 3.63) is 23.0 Å². The lowest BCUT2D eigenvalue weighted by Crippen LogP contribution is -2.32. The molecule has 6 heteroatoms. The summed E-state index contributed by atoms with van der Waals surface area (Å²) in [5.41, 5.74) is 7.03. The van der Waals surface area contributed by atoms with Crippen molar-refractivity contribution >= 4 is 17.6 Å². The molecule has 1 aromatic heterocycles. The fraction of sp³-hybridized carbons (Fsp3) is 0.308. The van der Waals surface area contributed by atoms with Gasteiger partial charge in [0.25, 0.3) is 5.91 Å². The number of primary amides is 1. The molecule has 0 unspecified atom stereocenters. The first-order valence-corrected chi connectivity index (χ1v) is 5.55. The van der Waals surface area contributed by atoms with Gasteiger partial charge in [-0.3, -0.25) is 14.6 Å². The van der Waals surface area contributed by atoms with Gasteiger partial charge in [0.1, 0.15) is 6.54 Å². The number of hydrogen-bond acceptors (Lipinski definition) is 4. The predicted octanol–water partition coefficient (Wildman–Crippen LogP) is 0.322. The molecule has 0 radical (unpaired) electrons. The van der Waals surface area contributed by atoms with Crippen LogP contribution in [0.1, 0.15) is 21.7 Å². The number of nitrogens with two attached hydrogens (primary N) is 1. The van der Waals surface area contributed by atoms with Crippen LogP contribution in [-0.2, 0) is 4.79 Å². The first kappa shape index (κ1) is 14.5. The van der Waals surface area contributed by atoms with E-state index in [1.165, 1.54) is 4.90 Å². The summed E-state index contributed by atoms with van der Waals surface area (Å²) in [6.45, 7) is 3.14. The molecule has 1 amide bonds. The highest BCUT2D eigenvalue weighted by Gasteiger charge is 2.20. The minimum Gasteiger partial charge on any atom is -0.480 e. The first-order valence-electron chi connectivity index (χ1n) is 5.55. The number of carbonyl (C=O) groups excluding carboxylic acids is 1. The highest BCUT2D eigenvalue weighted by Crippen LogP contribution is 2.23. The van der Waals surface area contributed by atoms with Crippen LogP contribution in [0.3, 0.4) is 0 Å². The second kappa shape index (κ2) is 5.87. The van der Waals surface area contributed by atoms with Crippen LogP contribution >= 0.6 is 0 Å². The Hall–Kier alpha value is -2.55. The van der Waals surface area contributed by atoms with Crippen LogP contribution in [0.15, 0.2) is 6.07 Å². The van der Waals surface area contributed by atoms with Gasteiger partial charge >= 0.3 is 5.97 Å². The average Bonchev–Trinajstić information content (AvgIpc) is 2.25. The molecule has 0 fully saturated rings. The van der Waals surface area contributed by atoms with Gasteiger partial charge in [0.2, 0.25) is 0 Å². The van der Waals surface area contributed by atoms with Crippen LogP contribution in [0.25, 0.3) is 0 Å². The molecule has 0 saturated carbocycles. The van der Waals surface area contributed by atoms with E-state index in [9.17, 15) is 9.59 Å². The number of carboxylic acids is 1. The van der Waals surface area contributed by atoms with E-state index in [0.29, 0.717) is 17.1 Å². The molecule has 0 saturated heterocycles. The van der Waals surface area contributed by atoms with Gasteiger partial charge in [-0.2, -0.15) is 0 Å². The van der Waals surface area contributed by atoms with Crippen molar-refractivity contribution < 1.29 is 14.7 Å². The number of aromatic nitrogens is 1. The zero-order valence-electron chi connectivity index (χ0n) is 10.8. The molecule has 3 N–H and O–H groups in total. The number of amides is 1. The topological polar surface area (TPSA) is 96.5 Å². The summed E-state index contributed by atoms with van der Waals surface area (Å²) >= 11 is 0. The fourth-order valence-corrected chi connectivity index (χ4v) is 1.86. The van der Waals surface area contributed by atoms with Crippen molar-refractivity contribution in [3.8, 4) is 12.3 Å². The van der Waals surface area contributed by atoms with Crippen molar-refractivity contribution in [2.75, 3.05) is 18.0 Å². The largest absolute Gasteiger partial charge is 0.480 e. The average molecular weight is 261 g/mol. The van der Waals surface area contributed by atoms with E-state index in [4.69, 9.17) is 17.3 Å². The Kier molecular flexibility index (Phi) is 4.48. The van der Waals surface area contributed by atoms with E-state index in [0.717, 1.165) is 0 Å². The highest BCUT2D eigenvalue weighted by molar-refractivity contribution is 6.00. The van der Waals surface area contributed by atoms with Crippen molar-refractivity contribution in [1.29, 1.82) is 0 Å². The minimum absolute atomic E-state index is 0.0650. The molecular weight excluding hydrogens is 246 g/mol. The van der Waals surface area contributed by atoms with Crippen LogP contribution in [0.5, 0.6) is 0 Å². The Balaban J connectivity index is 3.39. The lowest BCUT2D eigenvalue weighted by atomic mass is 10.1. The molecule has 1 rings (SSSR count). The van der Waals surface area contributed by atoms with Gasteiger partial charge in [-0.15, -0.1) is 6.42 Å². The normalized spacial score (nSPS) is 9.74. The van der Waals surface area contributed by atoms with Crippen LogP contribution < -0.4 is 10.6 Å². The molecule has 100 valence electrons. The van der Waals surface area contributed by atoms with E-state index >= 15 is 0 Å². The Labute approximate surface area is 111 Å². The molecule has 0 aliphatic rings. The second-order valence-corrected chi connectivity index (χ2v) is 4.06. The van der Waals surface area contributed by atoms with Crippen LogP contribution in [0.4, 0.5) is 5.69 Å². The molecular formula is C13H15N3O3. The van der Waals surface area contributed by atoms with Gasteiger partial charge in [0.15, 0.2) is 0 Å². The summed E-state index contributed by atoms with van der Waals surface area (Å²) < 4.78 is 0. The number of carboxylic acid groups (broad SMARTS) is 1. The van der Waals surface area contributed by atoms with Gasteiger partial charge in [0.05, 0.1) is 23.5 Å². The van der Waals surface area contributed by atoms with E-state index in [1.807, 2.05) is 0 Å². The van der Waals surface area contributed by atoms with Crippen molar-refractivity contribution in [1.82, 2.24) is 4.98 Å². The summed E-state index contributed by atoms with van der Waals surface area (Å²) in [7, 11) is 0. The summed E-state index contributed by atoms with van der Waals surface area (Å²) in [5.74, 6) is 0.663. The maximum Gasteiger partial charge on any atom is 0.323 e. The van der Waals surface area contributed by atoms with Crippen molar-refractivity contribution in [3.63, 3.8) is 0 Å². The number of rotatable bonds is 5. The number of terminal acetylenes is 1. The number of aryl methyl sites for hydroxylation is 2. The third-order valence-corrected chi connectivity index (χ3v) is 2.50. The maximum absolute atomic E-state index is 11.5. The zero-order valence-corrected chi connectivity index (χ0v) is 10.8. The number of hydrogen-bond donors (Lipinski definition) is 2. The maximum atomic E-state index is 11.5. The van der Waals surface area contributed by atoms with Gasteiger partial charge < -0.3 is 15.7 Å². The second-order valence-electron chi connectivity index (χ2n) is 4.06. The van der Waals surface area contributed by atoms with Gasteiger partial charge in [0, 0.05) is 5.69 Å². The minimum atomic E-state index is -1.04. The SMILES string of the molecule is C#CCN(CC(=O)O)c1cc(C)nc(C)c1C(N)=O. The molecule has 0 atom stereocenters. The van der Waals surface area contributed by atoms with Crippen molar-refractivity contribution in [2.24, 2.45) is 5.73 Å². The molecule has 0 spiro atoms. The Morgan fingerprint density at radius 1 is 1.53 bits per heavy atom. The first-order chi connectivity index (χ1) is 8.86. The van der Waals surface area contributed by atoms with E-state index < -0.39 is 11.9 Å². The third-order valence-electron chi connectivity index (χ3n) is 2.50. The molecule has 1 heterocycles. The number of aliphatic carboxylic acids is 1. The predicted molar refractivity (Wildman–Crippen MR) is 70.9 cm³/mol. The Morgan fingerprint density at radius 3 is 2.63 bits per heavy atom. The molecule has 6 nitrogen and oxygen atoms in total. The summed E-state index contributed by atoms with van der Waals surface area (Å²) in [4.78, 5) is 27.9. The lowest BCUT2D eigenvalue weighted by molar-refractivity contribution is -0.135.